The summed E-state index contributed by atoms with van der Waals surface area (Å²) >= 11 is 0. The molecular formula is C18H35N3. The van der Waals surface area contributed by atoms with Crippen LogP contribution in [-0.4, -0.2) is 62.2 Å². The van der Waals surface area contributed by atoms with Crippen LogP contribution in [0.5, 0.6) is 0 Å². The Kier molecular flexibility index (Phi) is 5.23. The highest BCUT2D eigenvalue weighted by Gasteiger charge is 2.32. The zero-order valence-corrected chi connectivity index (χ0v) is 14.2. The third-order valence-electron chi connectivity index (χ3n) is 6.06. The first-order valence-corrected chi connectivity index (χ1v) is 9.28. The fraction of sp³-hybridized carbons (Fsp3) is 1.00. The summed E-state index contributed by atoms with van der Waals surface area (Å²) in [5, 5.41) is 3.55. The van der Waals surface area contributed by atoms with Crippen molar-refractivity contribution < 1.29 is 0 Å². The van der Waals surface area contributed by atoms with Crippen LogP contribution in [0.3, 0.4) is 0 Å². The minimum absolute atomic E-state index is 0.530. The van der Waals surface area contributed by atoms with Crippen LogP contribution in [0, 0.1) is 17.3 Å². The molecule has 3 heteroatoms. The second-order valence-corrected chi connectivity index (χ2v) is 8.46. The van der Waals surface area contributed by atoms with Crippen molar-refractivity contribution in [3.63, 3.8) is 0 Å². The summed E-state index contributed by atoms with van der Waals surface area (Å²) < 4.78 is 0. The van der Waals surface area contributed by atoms with Crippen LogP contribution in [0.25, 0.3) is 0 Å². The van der Waals surface area contributed by atoms with Gasteiger partial charge >= 0.3 is 0 Å². The lowest BCUT2D eigenvalue weighted by Gasteiger charge is -2.40. The zero-order valence-electron chi connectivity index (χ0n) is 14.2. The normalized spacial score (nSPS) is 37.1. The Morgan fingerprint density at radius 3 is 2.62 bits per heavy atom. The average Bonchev–Trinajstić information content (AvgIpc) is 2.88. The predicted octanol–water partition coefficient (Wildman–Crippen LogP) is 2.43. The summed E-state index contributed by atoms with van der Waals surface area (Å²) in [4.78, 5) is 5.51. The number of piperidine rings is 2. The molecule has 3 saturated heterocycles. The van der Waals surface area contributed by atoms with Crippen molar-refractivity contribution in [3.8, 4) is 0 Å². The summed E-state index contributed by atoms with van der Waals surface area (Å²) in [6.07, 6.45) is 7.06. The molecule has 0 saturated carbocycles. The molecule has 0 amide bonds. The lowest BCUT2D eigenvalue weighted by molar-refractivity contribution is 0.0879. The van der Waals surface area contributed by atoms with E-state index in [2.05, 4.69) is 29.0 Å². The van der Waals surface area contributed by atoms with Crippen LogP contribution in [-0.2, 0) is 0 Å². The Hall–Kier alpha value is -0.120. The van der Waals surface area contributed by atoms with E-state index in [1.165, 1.54) is 84.5 Å². The van der Waals surface area contributed by atoms with E-state index in [9.17, 15) is 0 Å². The van der Waals surface area contributed by atoms with E-state index in [1.807, 2.05) is 0 Å². The van der Waals surface area contributed by atoms with Crippen LogP contribution >= 0.6 is 0 Å². The van der Waals surface area contributed by atoms with E-state index < -0.39 is 0 Å². The number of hydrogen-bond donors (Lipinski definition) is 1. The van der Waals surface area contributed by atoms with Gasteiger partial charge in [0.2, 0.25) is 0 Å². The van der Waals surface area contributed by atoms with Gasteiger partial charge in [-0.05, 0) is 75.5 Å². The molecule has 2 unspecified atom stereocenters. The van der Waals surface area contributed by atoms with Crippen molar-refractivity contribution in [2.75, 3.05) is 52.4 Å². The quantitative estimate of drug-likeness (QED) is 0.859. The minimum atomic E-state index is 0.530. The van der Waals surface area contributed by atoms with Gasteiger partial charge in [-0.1, -0.05) is 13.8 Å². The van der Waals surface area contributed by atoms with E-state index in [0.29, 0.717) is 5.41 Å². The predicted molar refractivity (Wildman–Crippen MR) is 89.6 cm³/mol. The highest BCUT2D eigenvalue weighted by Crippen LogP contribution is 2.28. The van der Waals surface area contributed by atoms with Crippen LogP contribution < -0.4 is 5.32 Å². The van der Waals surface area contributed by atoms with Crippen LogP contribution in [0.2, 0.25) is 0 Å². The standard InChI is InChI=1S/C18H35N3/c1-16-5-10-20(11-6-16)12-17-4-3-9-21(13-17)15-18(2)7-8-19-14-18/h16-17,19H,3-15H2,1-2H3. The van der Waals surface area contributed by atoms with E-state index in [1.54, 1.807) is 0 Å². The van der Waals surface area contributed by atoms with Gasteiger partial charge in [0.15, 0.2) is 0 Å². The van der Waals surface area contributed by atoms with Crippen LogP contribution in [0.4, 0.5) is 0 Å². The molecular weight excluding hydrogens is 258 g/mol. The first kappa shape index (κ1) is 15.8. The molecule has 0 aromatic rings. The smallest absolute Gasteiger partial charge is 0.00481 e. The SMILES string of the molecule is CC1CCN(CC2CCCN(CC3(C)CCNC3)C2)CC1. The molecule has 0 bridgehead atoms. The lowest BCUT2D eigenvalue weighted by atomic mass is 9.87. The molecule has 3 aliphatic rings. The highest BCUT2D eigenvalue weighted by atomic mass is 15.2. The number of likely N-dealkylation sites (tertiary alicyclic amines) is 2. The van der Waals surface area contributed by atoms with Gasteiger partial charge in [-0.2, -0.15) is 0 Å². The summed E-state index contributed by atoms with van der Waals surface area (Å²) in [6.45, 7) is 15.4. The summed E-state index contributed by atoms with van der Waals surface area (Å²) in [6, 6.07) is 0. The maximum atomic E-state index is 3.55. The summed E-state index contributed by atoms with van der Waals surface area (Å²) in [7, 11) is 0. The number of nitrogens with one attached hydrogen (secondary N) is 1. The van der Waals surface area contributed by atoms with Gasteiger partial charge in [0.1, 0.15) is 0 Å². The molecule has 0 aromatic carbocycles. The Balaban J connectivity index is 1.44. The van der Waals surface area contributed by atoms with Crippen molar-refractivity contribution in [1.29, 1.82) is 0 Å². The Morgan fingerprint density at radius 1 is 1.10 bits per heavy atom. The molecule has 21 heavy (non-hydrogen) atoms. The van der Waals surface area contributed by atoms with Crippen LogP contribution in [0.15, 0.2) is 0 Å². The van der Waals surface area contributed by atoms with Gasteiger partial charge in [0, 0.05) is 26.2 Å². The van der Waals surface area contributed by atoms with Gasteiger partial charge in [0.25, 0.3) is 0 Å². The van der Waals surface area contributed by atoms with Crippen molar-refractivity contribution in [2.45, 2.75) is 46.0 Å². The molecule has 122 valence electrons. The average molecular weight is 293 g/mol. The number of rotatable bonds is 4. The second-order valence-electron chi connectivity index (χ2n) is 8.46. The van der Waals surface area contributed by atoms with E-state index >= 15 is 0 Å². The molecule has 3 rings (SSSR count). The maximum Gasteiger partial charge on any atom is 0.00481 e. The summed E-state index contributed by atoms with van der Waals surface area (Å²) in [5.74, 6) is 1.88. The van der Waals surface area contributed by atoms with Gasteiger partial charge in [-0.3, -0.25) is 0 Å². The topological polar surface area (TPSA) is 18.5 Å². The molecule has 0 aliphatic carbocycles. The molecule has 3 fully saturated rings. The van der Waals surface area contributed by atoms with Gasteiger partial charge < -0.3 is 15.1 Å². The fourth-order valence-corrected chi connectivity index (χ4v) is 4.60. The van der Waals surface area contributed by atoms with Crippen molar-refractivity contribution >= 4 is 0 Å². The van der Waals surface area contributed by atoms with E-state index in [-0.39, 0.29) is 0 Å². The molecule has 3 heterocycles. The lowest BCUT2D eigenvalue weighted by Crippen LogP contribution is -2.46. The molecule has 0 aromatic heterocycles. The molecule has 1 N–H and O–H groups in total. The van der Waals surface area contributed by atoms with E-state index in [0.717, 1.165) is 11.8 Å². The van der Waals surface area contributed by atoms with Gasteiger partial charge in [-0.25, -0.2) is 0 Å². The van der Waals surface area contributed by atoms with Gasteiger partial charge in [0.05, 0.1) is 0 Å². The first-order chi connectivity index (χ1) is 10.1. The van der Waals surface area contributed by atoms with Gasteiger partial charge in [-0.15, -0.1) is 0 Å². The first-order valence-electron chi connectivity index (χ1n) is 9.28. The monoisotopic (exact) mass is 293 g/mol. The number of hydrogen-bond acceptors (Lipinski definition) is 3. The van der Waals surface area contributed by atoms with Crippen molar-refractivity contribution in [1.82, 2.24) is 15.1 Å². The summed E-state index contributed by atoms with van der Waals surface area (Å²) in [5.41, 5.74) is 0.530. The van der Waals surface area contributed by atoms with Crippen molar-refractivity contribution in [2.24, 2.45) is 17.3 Å². The second kappa shape index (κ2) is 6.97. The molecule has 0 radical (unpaired) electrons. The van der Waals surface area contributed by atoms with E-state index in [4.69, 9.17) is 0 Å². The molecule has 3 nitrogen and oxygen atoms in total. The van der Waals surface area contributed by atoms with Crippen LogP contribution in [0.1, 0.15) is 46.0 Å². The minimum Gasteiger partial charge on any atom is -0.316 e. The third-order valence-corrected chi connectivity index (χ3v) is 6.06. The molecule has 0 spiro atoms. The maximum absolute atomic E-state index is 3.55. The van der Waals surface area contributed by atoms with Crippen molar-refractivity contribution in [3.05, 3.63) is 0 Å². The molecule has 3 aliphatic heterocycles. The third kappa shape index (κ3) is 4.43. The fourth-order valence-electron chi connectivity index (χ4n) is 4.60. The number of nitrogens with zero attached hydrogens (tertiary/aromatic N) is 2. The molecule has 2 atom stereocenters. The Bertz CT molecular complexity index is 316. The zero-order chi connectivity index (χ0) is 14.7. The largest absolute Gasteiger partial charge is 0.316 e. The Labute approximate surface area is 131 Å². The highest BCUT2D eigenvalue weighted by molar-refractivity contribution is 4.88. The Morgan fingerprint density at radius 2 is 1.90 bits per heavy atom.